The average molecular weight is 313 g/mol. The highest BCUT2D eigenvalue weighted by molar-refractivity contribution is 5.85. The molecule has 0 spiro atoms. The van der Waals surface area contributed by atoms with Crippen LogP contribution in [0.15, 0.2) is 24.3 Å². The number of aryl methyl sites for hydroxylation is 1. The molecule has 0 aromatic heterocycles. The normalized spacial score (nSPS) is 18.2. The molecule has 1 saturated heterocycles. The largest absolute Gasteiger partial charge is 0.372 e. The zero-order chi connectivity index (χ0) is 14.4. The summed E-state index contributed by atoms with van der Waals surface area (Å²) in [6.45, 7) is 7.21. The molecule has 1 atom stereocenters. The standard InChI is InChI=1S/C16H24N2O2.ClH/c1-3-13-5-7-14(8-6-13)15-11-17-9-10-18(15)16(19)12-20-4-2;/h5-8,15,17H,3-4,9-12H2,1-2H3;1H. The van der Waals surface area contributed by atoms with Crippen molar-refractivity contribution < 1.29 is 9.53 Å². The number of carbonyl (C=O) groups excluding carboxylic acids is 1. The lowest BCUT2D eigenvalue weighted by atomic mass is 10.0. The molecule has 21 heavy (non-hydrogen) atoms. The molecule has 0 radical (unpaired) electrons. The summed E-state index contributed by atoms with van der Waals surface area (Å²) in [4.78, 5) is 14.2. The topological polar surface area (TPSA) is 41.6 Å². The van der Waals surface area contributed by atoms with E-state index in [9.17, 15) is 4.79 Å². The van der Waals surface area contributed by atoms with E-state index in [4.69, 9.17) is 4.74 Å². The molecular formula is C16H25ClN2O2. The number of carbonyl (C=O) groups is 1. The van der Waals surface area contributed by atoms with Gasteiger partial charge in [-0.2, -0.15) is 0 Å². The molecule has 1 fully saturated rings. The molecular weight excluding hydrogens is 288 g/mol. The van der Waals surface area contributed by atoms with Crippen molar-refractivity contribution in [2.45, 2.75) is 26.3 Å². The summed E-state index contributed by atoms with van der Waals surface area (Å²) in [6.07, 6.45) is 1.04. The monoisotopic (exact) mass is 312 g/mol. The van der Waals surface area contributed by atoms with Gasteiger partial charge in [0.25, 0.3) is 0 Å². The van der Waals surface area contributed by atoms with Crippen molar-refractivity contribution in [2.24, 2.45) is 0 Å². The number of rotatable bonds is 5. The Hall–Kier alpha value is -1.10. The van der Waals surface area contributed by atoms with Gasteiger partial charge in [-0.15, -0.1) is 12.4 Å². The zero-order valence-electron chi connectivity index (χ0n) is 12.8. The highest BCUT2D eigenvalue weighted by atomic mass is 35.5. The van der Waals surface area contributed by atoms with Crippen molar-refractivity contribution in [3.8, 4) is 0 Å². The van der Waals surface area contributed by atoms with Gasteiger partial charge in [0, 0.05) is 26.2 Å². The smallest absolute Gasteiger partial charge is 0.249 e. The van der Waals surface area contributed by atoms with Gasteiger partial charge in [-0.1, -0.05) is 31.2 Å². The van der Waals surface area contributed by atoms with Crippen molar-refractivity contribution >= 4 is 18.3 Å². The predicted octanol–water partition coefficient (Wildman–Crippen LogP) is 2.18. The maximum absolute atomic E-state index is 12.2. The second-order valence-corrected chi connectivity index (χ2v) is 5.04. The van der Waals surface area contributed by atoms with Gasteiger partial charge in [0.05, 0.1) is 6.04 Å². The number of ether oxygens (including phenoxy) is 1. The number of benzene rings is 1. The van der Waals surface area contributed by atoms with Crippen molar-refractivity contribution in [3.05, 3.63) is 35.4 Å². The molecule has 1 unspecified atom stereocenters. The van der Waals surface area contributed by atoms with E-state index in [2.05, 4.69) is 36.5 Å². The minimum absolute atomic E-state index is 0. The summed E-state index contributed by atoms with van der Waals surface area (Å²) < 4.78 is 5.26. The third-order valence-corrected chi connectivity index (χ3v) is 3.77. The van der Waals surface area contributed by atoms with Crippen LogP contribution in [0.3, 0.4) is 0 Å². The van der Waals surface area contributed by atoms with E-state index in [0.29, 0.717) is 6.61 Å². The predicted molar refractivity (Wildman–Crippen MR) is 86.9 cm³/mol. The molecule has 4 nitrogen and oxygen atoms in total. The Bertz CT molecular complexity index is 436. The molecule has 118 valence electrons. The van der Waals surface area contributed by atoms with E-state index in [1.165, 1.54) is 11.1 Å². The minimum atomic E-state index is 0. The van der Waals surface area contributed by atoms with E-state index in [0.717, 1.165) is 26.1 Å². The Kier molecular flexibility index (Phi) is 7.72. The Labute approximate surface area is 133 Å². The first-order valence-corrected chi connectivity index (χ1v) is 7.43. The minimum Gasteiger partial charge on any atom is -0.372 e. The lowest BCUT2D eigenvalue weighted by molar-refractivity contribution is -0.139. The first-order chi connectivity index (χ1) is 9.76. The van der Waals surface area contributed by atoms with Gasteiger partial charge in [-0.25, -0.2) is 0 Å². The maximum Gasteiger partial charge on any atom is 0.249 e. The molecule has 1 aliphatic heterocycles. The number of amides is 1. The van der Waals surface area contributed by atoms with Gasteiger partial charge in [0.15, 0.2) is 0 Å². The van der Waals surface area contributed by atoms with Gasteiger partial charge >= 0.3 is 0 Å². The number of hydrogen-bond donors (Lipinski definition) is 1. The third kappa shape index (κ3) is 4.70. The molecule has 1 aromatic rings. The van der Waals surface area contributed by atoms with Crippen LogP contribution in [0.25, 0.3) is 0 Å². The van der Waals surface area contributed by atoms with E-state index < -0.39 is 0 Å². The second kappa shape index (κ2) is 9.03. The lowest BCUT2D eigenvalue weighted by Crippen LogP contribution is -2.49. The summed E-state index contributed by atoms with van der Waals surface area (Å²) >= 11 is 0. The van der Waals surface area contributed by atoms with Crippen LogP contribution in [0.5, 0.6) is 0 Å². The fourth-order valence-electron chi connectivity index (χ4n) is 2.55. The van der Waals surface area contributed by atoms with Crippen molar-refractivity contribution in [3.63, 3.8) is 0 Å². The SMILES string of the molecule is CCOCC(=O)N1CCNCC1c1ccc(CC)cc1.Cl. The van der Waals surface area contributed by atoms with Gasteiger partial charge in [0.2, 0.25) is 5.91 Å². The summed E-state index contributed by atoms with van der Waals surface area (Å²) in [7, 11) is 0. The molecule has 1 aromatic carbocycles. The summed E-state index contributed by atoms with van der Waals surface area (Å²) in [5.41, 5.74) is 2.52. The van der Waals surface area contributed by atoms with Crippen LogP contribution in [0, 0.1) is 0 Å². The zero-order valence-corrected chi connectivity index (χ0v) is 13.6. The van der Waals surface area contributed by atoms with Crippen LogP contribution in [-0.4, -0.2) is 43.7 Å². The van der Waals surface area contributed by atoms with Crippen molar-refractivity contribution in [1.82, 2.24) is 10.2 Å². The van der Waals surface area contributed by atoms with Crippen LogP contribution < -0.4 is 5.32 Å². The number of nitrogens with one attached hydrogen (secondary N) is 1. The van der Waals surface area contributed by atoms with E-state index >= 15 is 0 Å². The summed E-state index contributed by atoms with van der Waals surface area (Å²) in [5, 5.41) is 3.37. The van der Waals surface area contributed by atoms with E-state index in [1.807, 2.05) is 11.8 Å². The lowest BCUT2D eigenvalue weighted by Gasteiger charge is -2.36. The summed E-state index contributed by atoms with van der Waals surface area (Å²) in [5.74, 6) is 0.0814. The molecule has 5 heteroatoms. The molecule has 0 aliphatic carbocycles. The summed E-state index contributed by atoms with van der Waals surface area (Å²) in [6, 6.07) is 8.68. The van der Waals surface area contributed by atoms with Crippen molar-refractivity contribution in [2.75, 3.05) is 32.8 Å². The highest BCUT2D eigenvalue weighted by Gasteiger charge is 2.27. The van der Waals surface area contributed by atoms with E-state index in [1.54, 1.807) is 0 Å². The van der Waals surface area contributed by atoms with Crippen LogP contribution in [0.4, 0.5) is 0 Å². The van der Waals surface area contributed by atoms with Crippen LogP contribution in [-0.2, 0) is 16.0 Å². The molecule has 0 bridgehead atoms. The van der Waals surface area contributed by atoms with Crippen LogP contribution in [0.1, 0.15) is 31.0 Å². The van der Waals surface area contributed by atoms with E-state index in [-0.39, 0.29) is 31.0 Å². The van der Waals surface area contributed by atoms with Gasteiger partial charge in [-0.3, -0.25) is 4.79 Å². The quantitative estimate of drug-likeness (QED) is 0.906. The van der Waals surface area contributed by atoms with Crippen LogP contribution in [0.2, 0.25) is 0 Å². The highest BCUT2D eigenvalue weighted by Crippen LogP contribution is 2.23. The second-order valence-electron chi connectivity index (χ2n) is 5.04. The molecule has 1 N–H and O–H groups in total. The Balaban J connectivity index is 0.00000220. The molecule has 2 rings (SSSR count). The maximum atomic E-state index is 12.2. The van der Waals surface area contributed by atoms with Gasteiger partial charge in [-0.05, 0) is 24.5 Å². The third-order valence-electron chi connectivity index (χ3n) is 3.77. The van der Waals surface area contributed by atoms with Gasteiger partial charge in [0.1, 0.15) is 6.61 Å². The van der Waals surface area contributed by atoms with Crippen molar-refractivity contribution in [1.29, 1.82) is 0 Å². The number of nitrogens with zero attached hydrogens (tertiary/aromatic N) is 1. The Morgan fingerprint density at radius 3 is 2.67 bits per heavy atom. The fourth-order valence-corrected chi connectivity index (χ4v) is 2.55. The van der Waals surface area contributed by atoms with Gasteiger partial charge < -0.3 is 15.0 Å². The Morgan fingerprint density at radius 2 is 2.05 bits per heavy atom. The molecule has 1 amide bonds. The number of hydrogen-bond acceptors (Lipinski definition) is 3. The molecule has 0 saturated carbocycles. The first-order valence-electron chi connectivity index (χ1n) is 7.43. The number of halogens is 1. The fraction of sp³-hybridized carbons (Fsp3) is 0.562. The Morgan fingerprint density at radius 1 is 1.33 bits per heavy atom. The van der Waals surface area contributed by atoms with Crippen LogP contribution >= 0.6 is 12.4 Å². The average Bonchev–Trinajstić information content (AvgIpc) is 2.52. The molecule has 1 aliphatic rings. The molecule has 1 heterocycles. The number of piperazine rings is 1. The first kappa shape index (κ1) is 18.0.